The molecule has 0 unspecified atom stereocenters. The summed E-state index contributed by atoms with van der Waals surface area (Å²) >= 11 is 1.38. The summed E-state index contributed by atoms with van der Waals surface area (Å²) in [5.74, 6) is 0.0735. The van der Waals surface area contributed by atoms with Crippen molar-refractivity contribution in [3.63, 3.8) is 0 Å². The summed E-state index contributed by atoms with van der Waals surface area (Å²) in [6.07, 6.45) is 4.27. The Morgan fingerprint density at radius 1 is 1.62 bits per heavy atom. The van der Waals surface area contributed by atoms with E-state index in [1.54, 1.807) is 6.07 Å². The number of aromatic nitrogens is 2. The Labute approximate surface area is 97.7 Å². The van der Waals surface area contributed by atoms with Crippen LogP contribution in [0.25, 0.3) is 0 Å². The molecule has 1 aliphatic carbocycles. The second-order valence-electron chi connectivity index (χ2n) is 3.78. The number of nitrogens with one attached hydrogen (secondary N) is 1. The molecule has 0 saturated heterocycles. The van der Waals surface area contributed by atoms with E-state index >= 15 is 0 Å². The fraction of sp³-hybridized carbons (Fsp3) is 0.500. The van der Waals surface area contributed by atoms with Crippen molar-refractivity contribution in [2.45, 2.75) is 17.9 Å². The molecule has 1 aromatic heterocycles. The van der Waals surface area contributed by atoms with Gasteiger partial charge in [0.2, 0.25) is 0 Å². The first kappa shape index (κ1) is 11.2. The average molecular weight is 239 g/mol. The minimum atomic E-state index is -0.969. The number of carboxylic acids is 1. The van der Waals surface area contributed by atoms with Crippen LogP contribution in [0.15, 0.2) is 11.1 Å². The Hall–Kier alpha value is -1.30. The van der Waals surface area contributed by atoms with E-state index in [9.17, 15) is 4.79 Å². The van der Waals surface area contributed by atoms with Gasteiger partial charge in [-0.2, -0.15) is 0 Å². The lowest BCUT2D eigenvalue weighted by Crippen LogP contribution is -2.11. The van der Waals surface area contributed by atoms with Crippen molar-refractivity contribution >= 4 is 23.5 Å². The third-order valence-corrected chi connectivity index (χ3v) is 3.08. The van der Waals surface area contributed by atoms with Crippen LogP contribution in [0.1, 0.15) is 23.2 Å². The standard InChI is InChI=1S/C10H13N3O2S/c1-16-8-4-7(10(14)15)9(13-12-8)11-5-6-2-3-6/h4,6H,2-3,5H2,1H3,(H,11,13)(H,14,15). The van der Waals surface area contributed by atoms with Gasteiger partial charge in [0.25, 0.3) is 0 Å². The molecule has 0 aromatic carbocycles. The Morgan fingerprint density at radius 2 is 2.38 bits per heavy atom. The molecule has 1 heterocycles. The summed E-state index contributed by atoms with van der Waals surface area (Å²) in [4.78, 5) is 11.0. The van der Waals surface area contributed by atoms with E-state index in [2.05, 4.69) is 15.5 Å². The van der Waals surface area contributed by atoms with Crippen molar-refractivity contribution in [1.29, 1.82) is 0 Å². The van der Waals surface area contributed by atoms with E-state index in [1.807, 2.05) is 6.26 Å². The minimum absolute atomic E-state index is 0.194. The maximum absolute atomic E-state index is 11.0. The van der Waals surface area contributed by atoms with Gasteiger partial charge in [-0.05, 0) is 31.1 Å². The van der Waals surface area contributed by atoms with Crippen molar-refractivity contribution in [3.05, 3.63) is 11.6 Å². The third kappa shape index (κ3) is 2.63. The minimum Gasteiger partial charge on any atom is -0.478 e. The highest BCUT2D eigenvalue weighted by atomic mass is 32.2. The molecule has 0 amide bonds. The molecular weight excluding hydrogens is 226 g/mol. The van der Waals surface area contributed by atoms with Crippen LogP contribution in [-0.4, -0.2) is 34.1 Å². The van der Waals surface area contributed by atoms with Gasteiger partial charge in [-0.1, -0.05) is 0 Å². The van der Waals surface area contributed by atoms with Gasteiger partial charge in [0.05, 0.1) is 0 Å². The number of nitrogens with zero attached hydrogens (tertiary/aromatic N) is 2. The van der Waals surface area contributed by atoms with Crippen molar-refractivity contribution in [1.82, 2.24) is 10.2 Å². The first-order valence-electron chi connectivity index (χ1n) is 5.09. The average Bonchev–Trinajstić information content (AvgIpc) is 3.09. The van der Waals surface area contributed by atoms with Crippen molar-refractivity contribution in [3.8, 4) is 0 Å². The van der Waals surface area contributed by atoms with Crippen LogP contribution in [0.4, 0.5) is 5.82 Å². The molecule has 0 bridgehead atoms. The van der Waals surface area contributed by atoms with Gasteiger partial charge in [-0.15, -0.1) is 22.0 Å². The first-order valence-corrected chi connectivity index (χ1v) is 6.32. The molecule has 5 nitrogen and oxygen atoms in total. The molecule has 0 aliphatic heterocycles. The van der Waals surface area contributed by atoms with Crippen LogP contribution >= 0.6 is 11.8 Å². The monoisotopic (exact) mass is 239 g/mol. The van der Waals surface area contributed by atoms with Gasteiger partial charge < -0.3 is 10.4 Å². The van der Waals surface area contributed by atoms with E-state index < -0.39 is 5.97 Å². The van der Waals surface area contributed by atoms with Crippen LogP contribution in [0.5, 0.6) is 0 Å². The molecular formula is C10H13N3O2S. The molecule has 1 saturated carbocycles. The van der Waals surface area contributed by atoms with Gasteiger partial charge in [0.1, 0.15) is 10.6 Å². The predicted octanol–water partition coefficient (Wildman–Crippen LogP) is 1.72. The second kappa shape index (κ2) is 4.69. The number of anilines is 1. The number of hydrogen-bond donors (Lipinski definition) is 2. The zero-order valence-electron chi connectivity index (χ0n) is 8.93. The van der Waals surface area contributed by atoms with E-state index in [-0.39, 0.29) is 5.56 Å². The Balaban J connectivity index is 2.16. The Bertz CT molecular complexity index is 407. The summed E-state index contributed by atoms with van der Waals surface area (Å²) in [7, 11) is 0. The lowest BCUT2D eigenvalue weighted by Gasteiger charge is -2.07. The van der Waals surface area contributed by atoms with Gasteiger partial charge >= 0.3 is 5.97 Å². The van der Waals surface area contributed by atoms with E-state index in [0.29, 0.717) is 16.8 Å². The molecule has 16 heavy (non-hydrogen) atoms. The lowest BCUT2D eigenvalue weighted by atomic mass is 10.3. The molecule has 1 aromatic rings. The molecule has 0 spiro atoms. The smallest absolute Gasteiger partial charge is 0.339 e. The van der Waals surface area contributed by atoms with Gasteiger partial charge in [-0.25, -0.2) is 4.79 Å². The number of rotatable bonds is 5. The molecule has 86 valence electrons. The lowest BCUT2D eigenvalue weighted by molar-refractivity contribution is 0.0697. The van der Waals surface area contributed by atoms with Gasteiger partial charge in [0, 0.05) is 6.54 Å². The number of carbonyl (C=O) groups is 1. The largest absolute Gasteiger partial charge is 0.478 e. The predicted molar refractivity (Wildman–Crippen MR) is 62.0 cm³/mol. The molecule has 1 aliphatic rings. The fourth-order valence-electron chi connectivity index (χ4n) is 1.33. The van der Waals surface area contributed by atoms with E-state index in [4.69, 9.17) is 5.11 Å². The Kier molecular flexibility index (Phi) is 3.28. The highest BCUT2D eigenvalue weighted by Gasteiger charge is 2.22. The van der Waals surface area contributed by atoms with Crippen molar-refractivity contribution in [2.75, 3.05) is 18.1 Å². The van der Waals surface area contributed by atoms with Crippen LogP contribution in [0.3, 0.4) is 0 Å². The van der Waals surface area contributed by atoms with Crippen LogP contribution in [0.2, 0.25) is 0 Å². The zero-order chi connectivity index (χ0) is 11.5. The molecule has 6 heteroatoms. The summed E-state index contributed by atoms with van der Waals surface area (Å²) in [6.45, 7) is 0.785. The number of hydrogen-bond acceptors (Lipinski definition) is 5. The highest BCUT2D eigenvalue weighted by Crippen LogP contribution is 2.29. The zero-order valence-corrected chi connectivity index (χ0v) is 9.75. The molecule has 1 fully saturated rings. The summed E-state index contributed by atoms with van der Waals surface area (Å²) in [5.41, 5.74) is 0.194. The van der Waals surface area contributed by atoms with Crippen molar-refractivity contribution in [2.24, 2.45) is 5.92 Å². The Morgan fingerprint density at radius 3 is 2.94 bits per heavy atom. The fourth-order valence-corrected chi connectivity index (χ4v) is 1.69. The summed E-state index contributed by atoms with van der Waals surface area (Å²) in [6, 6.07) is 1.55. The maximum atomic E-state index is 11.0. The molecule has 0 atom stereocenters. The van der Waals surface area contributed by atoms with E-state index in [1.165, 1.54) is 24.6 Å². The summed E-state index contributed by atoms with van der Waals surface area (Å²) in [5, 5.41) is 20.5. The SMILES string of the molecule is CSc1cc(C(=O)O)c(NCC2CC2)nn1. The first-order chi connectivity index (χ1) is 7.70. The van der Waals surface area contributed by atoms with E-state index in [0.717, 1.165) is 6.54 Å². The van der Waals surface area contributed by atoms with Crippen LogP contribution < -0.4 is 5.32 Å². The molecule has 2 N–H and O–H groups in total. The molecule has 0 radical (unpaired) electrons. The maximum Gasteiger partial charge on any atom is 0.339 e. The van der Waals surface area contributed by atoms with Crippen molar-refractivity contribution < 1.29 is 9.90 Å². The third-order valence-electron chi connectivity index (χ3n) is 2.47. The molecule has 2 rings (SSSR count). The summed E-state index contributed by atoms with van der Waals surface area (Å²) < 4.78 is 0. The number of carboxylic acid groups (broad SMARTS) is 1. The number of aromatic carboxylic acids is 1. The topological polar surface area (TPSA) is 75.1 Å². The van der Waals surface area contributed by atoms with Gasteiger partial charge in [-0.3, -0.25) is 0 Å². The second-order valence-corrected chi connectivity index (χ2v) is 4.60. The van der Waals surface area contributed by atoms with Gasteiger partial charge in [0.15, 0.2) is 5.82 Å². The quantitative estimate of drug-likeness (QED) is 0.762. The van der Waals surface area contributed by atoms with Crippen LogP contribution in [0, 0.1) is 5.92 Å². The van der Waals surface area contributed by atoms with Crippen LogP contribution in [-0.2, 0) is 0 Å². The number of thioether (sulfide) groups is 1. The normalized spacial score (nSPS) is 14.8. The highest BCUT2D eigenvalue weighted by molar-refractivity contribution is 7.98.